The van der Waals surface area contributed by atoms with Crippen LogP contribution in [0.4, 0.5) is 10.5 Å². The zero-order chi connectivity index (χ0) is 18.1. The maximum absolute atomic E-state index is 12.5. The molecule has 1 aromatic carbocycles. The predicted octanol–water partition coefficient (Wildman–Crippen LogP) is 3.46. The summed E-state index contributed by atoms with van der Waals surface area (Å²) < 4.78 is 0. The van der Waals surface area contributed by atoms with Crippen LogP contribution in [0.25, 0.3) is 0 Å². The van der Waals surface area contributed by atoms with E-state index >= 15 is 0 Å². The van der Waals surface area contributed by atoms with Gasteiger partial charge in [-0.15, -0.1) is 6.58 Å². The number of rotatable bonds is 8. The van der Waals surface area contributed by atoms with Gasteiger partial charge >= 0.3 is 6.03 Å². The molecule has 0 heterocycles. The summed E-state index contributed by atoms with van der Waals surface area (Å²) in [6, 6.07) is 8.37. The standard InChI is InChI=1S/C20H31N3O2/c1-3-13-23(14-15-24)20(25)21-19-12-8-7-9-17(19)16-22(2)18-10-5-4-6-11-18/h3,7-9,12,18,24H,1,4-6,10-11,13-16H2,2H3,(H,21,25). The molecule has 25 heavy (non-hydrogen) atoms. The highest BCUT2D eigenvalue weighted by Crippen LogP contribution is 2.25. The number of amides is 2. The second-order valence-electron chi connectivity index (χ2n) is 6.75. The number of hydrogen-bond donors (Lipinski definition) is 2. The van der Waals surface area contributed by atoms with Gasteiger partial charge in [0.25, 0.3) is 0 Å². The summed E-state index contributed by atoms with van der Waals surface area (Å²) in [5.41, 5.74) is 1.95. The number of aliphatic hydroxyl groups excluding tert-OH is 1. The van der Waals surface area contributed by atoms with E-state index in [1.165, 1.54) is 32.1 Å². The van der Waals surface area contributed by atoms with Gasteiger partial charge in [-0.1, -0.05) is 43.5 Å². The molecule has 1 saturated carbocycles. The van der Waals surface area contributed by atoms with Crippen LogP contribution < -0.4 is 5.32 Å². The summed E-state index contributed by atoms with van der Waals surface area (Å²) in [4.78, 5) is 16.4. The quantitative estimate of drug-likeness (QED) is 0.710. The number of nitrogens with one attached hydrogen (secondary N) is 1. The SMILES string of the molecule is C=CCN(CCO)C(=O)Nc1ccccc1CN(C)C1CCCCC1. The molecular formula is C20H31N3O2. The van der Waals surface area contributed by atoms with Crippen molar-refractivity contribution in [1.82, 2.24) is 9.80 Å². The van der Waals surface area contributed by atoms with Crippen LogP contribution in [0.3, 0.4) is 0 Å². The lowest BCUT2D eigenvalue weighted by atomic mass is 9.94. The lowest BCUT2D eigenvalue weighted by molar-refractivity contribution is 0.184. The van der Waals surface area contributed by atoms with E-state index in [1.54, 1.807) is 11.0 Å². The van der Waals surface area contributed by atoms with Gasteiger partial charge < -0.3 is 15.3 Å². The molecule has 0 bridgehead atoms. The van der Waals surface area contributed by atoms with E-state index in [-0.39, 0.29) is 12.6 Å². The first-order chi connectivity index (χ1) is 12.2. The summed E-state index contributed by atoms with van der Waals surface area (Å²) in [6.07, 6.45) is 8.15. The van der Waals surface area contributed by atoms with Gasteiger partial charge in [0.05, 0.1) is 6.61 Å². The number of para-hydroxylation sites is 1. The average Bonchev–Trinajstić information content (AvgIpc) is 2.63. The van der Waals surface area contributed by atoms with Crippen LogP contribution in [-0.4, -0.2) is 53.7 Å². The summed E-state index contributed by atoms with van der Waals surface area (Å²) in [5.74, 6) is 0. The Hall–Kier alpha value is -1.85. The molecule has 0 saturated heterocycles. The van der Waals surface area contributed by atoms with Crippen LogP contribution in [-0.2, 0) is 6.54 Å². The minimum Gasteiger partial charge on any atom is -0.395 e. The maximum atomic E-state index is 12.5. The molecule has 1 fully saturated rings. The van der Waals surface area contributed by atoms with E-state index in [9.17, 15) is 4.79 Å². The highest BCUT2D eigenvalue weighted by molar-refractivity contribution is 5.90. The molecule has 2 N–H and O–H groups in total. The number of carbonyl (C=O) groups is 1. The number of anilines is 1. The smallest absolute Gasteiger partial charge is 0.322 e. The molecule has 0 radical (unpaired) electrons. The van der Waals surface area contributed by atoms with Crippen molar-refractivity contribution in [2.24, 2.45) is 0 Å². The van der Waals surface area contributed by atoms with Gasteiger partial charge in [0, 0.05) is 31.4 Å². The fraction of sp³-hybridized carbons (Fsp3) is 0.550. The van der Waals surface area contributed by atoms with Crippen LogP contribution in [0, 0.1) is 0 Å². The zero-order valence-electron chi connectivity index (χ0n) is 15.3. The van der Waals surface area contributed by atoms with Crippen molar-refractivity contribution < 1.29 is 9.90 Å². The second-order valence-corrected chi connectivity index (χ2v) is 6.75. The molecule has 138 valence electrons. The number of hydrogen-bond acceptors (Lipinski definition) is 3. The Morgan fingerprint density at radius 2 is 2.04 bits per heavy atom. The van der Waals surface area contributed by atoms with Crippen LogP contribution in [0.5, 0.6) is 0 Å². The Bertz CT molecular complexity index is 556. The minimum absolute atomic E-state index is 0.0622. The third kappa shape index (κ3) is 5.87. The Labute approximate surface area is 151 Å². The van der Waals surface area contributed by atoms with E-state index in [0.29, 0.717) is 19.1 Å². The fourth-order valence-electron chi connectivity index (χ4n) is 3.45. The summed E-state index contributed by atoms with van der Waals surface area (Å²) >= 11 is 0. The molecule has 1 aliphatic rings. The molecule has 1 aromatic rings. The van der Waals surface area contributed by atoms with Crippen LogP contribution >= 0.6 is 0 Å². The first kappa shape index (κ1) is 19.5. The molecule has 0 atom stereocenters. The van der Waals surface area contributed by atoms with Crippen molar-refractivity contribution >= 4 is 11.7 Å². The van der Waals surface area contributed by atoms with Crippen LogP contribution in [0.1, 0.15) is 37.7 Å². The van der Waals surface area contributed by atoms with Crippen molar-refractivity contribution in [3.05, 3.63) is 42.5 Å². The minimum atomic E-state index is -0.207. The molecule has 5 nitrogen and oxygen atoms in total. The van der Waals surface area contributed by atoms with Crippen molar-refractivity contribution in [1.29, 1.82) is 0 Å². The Morgan fingerprint density at radius 3 is 2.72 bits per heavy atom. The van der Waals surface area contributed by atoms with Gasteiger partial charge in [0.15, 0.2) is 0 Å². The van der Waals surface area contributed by atoms with Crippen LogP contribution in [0.15, 0.2) is 36.9 Å². The average molecular weight is 345 g/mol. The van der Waals surface area contributed by atoms with E-state index in [4.69, 9.17) is 5.11 Å². The largest absolute Gasteiger partial charge is 0.395 e. The van der Waals surface area contributed by atoms with E-state index in [2.05, 4.69) is 29.9 Å². The highest BCUT2D eigenvalue weighted by atomic mass is 16.3. The second kappa shape index (κ2) is 10.2. The molecule has 5 heteroatoms. The third-order valence-corrected chi connectivity index (χ3v) is 4.88. The topological polar surface area (TPSA) is 55.8 Å². The Morgan fingerprint density at radius 1 is 1.32 bits per heavy atom. The normalized spacial score (nSPS) is 15.2. The van der Waals surface area contributed by atoms with Gasteiger partial charge in [0.2, 0.25) is 0 Å². The summed E-state index contributed by atoms with van der Waals surface area (Å²) in [5, 5.41) is 12.1. The number of urea groups is 1. The molecule has 2 amide bonds. The lowest BCUT2D eigenvalue weighted by Gasteiger charge is -2.31. The van der Waals surface area contributed by atoms with Crippen molar-refractivity contribution in [3.8, 4) is 0 Å². The van der Waals surface area contributed by atoms with E-state index < -0.39 is 0 Å². The van der Waals surface area contributed by atoms with Gasteiger partial charge in [-0.05, 0) is 31.5 Å². The molecule has 0 aromatic heterocycles. The van der Waals surface area contributed by atoms with Gasteiger partial charge in [-0.3, -0.25) is 4.90 Å². The van der Waals surface area contributed by atoms with E-state index in [0.717, 1.165) is 17.8 Å². The van der Waals surface area contributed by atoms with Crippen molar-refractivity contribution in [2.75, 3.05) is 32.1 Å². The Balaban J connectivity index is 2.03. The van der Waals surface area contributed by atoms with E-state index in [1.807, 2.05) is 18.2 Å². The number of carbonyl (C=O) groups excluding carboxylic acids is 1. The van der Waals surface area contributed by atoms with Gasteiger partial charge in [-0.2, -0.15) is 0 Å². The lowest BCUT2D eigenvalue weighted by Crippen LogP contribution is -2.37. The predicted molar refractivity (Wildman–Crippen MR) is 103 cm³/mol. The Kier molecular flexibility index (Phi) is 7.95. The fourth-order valence-corrected chi connectivity index (χ4v) is 3.45. The monoisotopic (exact) mass is 345 g/mol. The molecule has 0 unspecified atom stereocenters. The van der Waals surface area contributed by atoms with Crippen molar-refractivity contribution in [2.45, 2.75) is 44.7 Å². The van der Waals surface area contributed by atoms with Gasteiger partial charge in [0.1, 0.15) is 0 Å². The number of aliphatic hydroxyl groups is 1. The zero-order valence-corrected chi connectivity index (χ0v) is 15.3. The first-order valence-electron chi connectivity index (χ1n) is 9.21. The number of nitrogens with zero attached hydrogens (tertiary/aromatic N) is 2. The molecule has 0 aliphatic heterocycles. The first-order valence-corrected chi connectivity index (χ1v) is 9.21. The number of benzene rings is 1. The van der Waals surface area contributed by atoms with Gasteiger partial charge in [-0.25, -0.2) is 4.79 Å². The van der Waals surface area contributed by atoms with Crippen LogP contribution in [0.2, 0.25) is 0 Å². The summed E-state index contributed by atoms with van der Waals surface area (Å²) in [7, 11) is 2.17. The van der Waals surface area contributed by atoms with Crippen molar-refractivity contribution in [3.63, 3.8) is 0 Å². The maximum Gasteiger partial charge on any atom is 0.322 e. The third-order valence-electron chi connectivity index (χ3n) is 4.88. The highest BCUT2D eigenvalue weighted by Gasteiger charge is 2.19. The summed E-state index contributed by atoms with van der Waals surface area (Å²) in [6.45, 7) is 5.14. The molecule has 2 rings (SSSR count). The molecule has 1 aliphatic carbocycles. The molecule has 0 spiro atoms. The molecular weight excluding hydrogens is 314 g/mol.